The number of benzene rings is 3. The minimum Gasteiger partial charge on any atom is -0.574 e. The maximum absolute atomic E-state index is 13.1. The first-order valence-electron chi connectivity index (χ1n) is 10.6. The summed E-state index contributed by atoms with van der Waals surface area (Å²) in [6, 6.07) is 25.6. The second-order valence-electron chi connectivity index (χ2n) is 7.80. The fraction of sp³-hybridized carbons (Fsp3) is 0.0741. The van der Waals surface area contributed by atoms with E-state index in [1.807, 2.05) is 49.4 Å². The molecule has 0 atom stereocenters. The summed E-state index contributed by atoms with van der Waals surface area (Å²) in [5.74, 6) is 0. The molecule has 0 spiro atoms. The molecule has 178 valence electrons. The van der Waals surface area contributed by atoms with Crippen LogP contribution in [0.1, 0.15) is 16.7 Å². The molecule has 0 radical (unpaired) electrons. The van der Waals surface area contributed by atoms with Crippen molar-refractivity contribution in [2.24, 2.45) is 0 Å². The standard InChI is InChI=1S/C27H21F3N2O2S/c1-20-10-16-24(17-11-20)35(33,34)31-19-26(22-12-14-23(15-13-22)27(28,29)30)32-18-6-5-9-25(32)21-7-3-2-4-8-21/h2-19H,1H3/b26-19-. The van der Waals surface area contributed by atoms with Crippen molar-refractivity contribution in [2.75, 3.05) is 0 Å². The Labute approximate surface area is 202 Å². The van der Waals surface area contributed by atoms with Gasteiger partial charge in [-0.15, -0.1) is 0 Å². The molecular weight excluding hydrogens is 473 g/mol. The lowest BCUT2D eigenvalue weighted by molar-refractivity contribution is -0.567. The zero-order valence-electron chi connectivity index (χ0n) is 18.6. The maximum Gasteiger partial charge on any atom is 0.416 e. The SMILES string of the molecule is Cc1ccc(S(=O)(=O)[N-]/C=C(/c2ccc(C(F)(F)F)cc2)[n+]2ccccc2-c2ccccc2)cc1. The number of hydrogen-bond donors (Lipinski definition) is 0. The largest absolute Gasteiger partial charge is 0.574 e. The number of aryl methyl sites for hydroxylation is 1. The van der Waals surface area contributed by atoms with Crippen molar-refractivity contribution < 1.29 is 26.2 Å². The lowest BCUT2D eigenvalue weighted by Gasteiger charge is -2.18. The molecule has 0 aliphatic carbocycles. The Morgan fingerprint density at radius 1 is 0.829 bits per heavy atom. The summed E-state index contributed by atoms with van der Waals surface area (Å²) in [4.78, 5) is 0.0208. The van der Waals surface area contributed by atoms with Crippen LogP contribution in [0.5, 0.6) is 0 Å². The molecule has 0 N–H and O–H groups in total. The van der Waals surface area contributed by atoms with Crippen molar-refractivity contribution >= 4 is 15.7 Å². The van der Waals surface area contributed by atoms with Gasteiger partial charge in [-0.3, -0.25) is 0 Å². The average molecular weight is 495 g/mol. The summed E-state index contributed by atoms with van der Waals surface area (Å²) >= 11 is 0. The Morgan fingerprint density at radius 3 is 2.09 bits per heavy atom. The Kier molecular flexibility index (Phi) is 6.75. The molecule has 4 aromatic rings. The van der Waals surface area contributed by atoms with Crippen LogP contribution in [0.25, 0.3) is 21.7 Å². The second kappa shape index (κ2) is 9.76. The van der Waals surface area contributed by atoms with Crippen LogP contribution >= 0.6 is 0 Å². The fourth-order valence-electron chi connectivity index (χ4n) is 3.49. The van der Waals surface area contributed by atoms with Gasteiger partial charge in [0.05, 0.1) is 10.5 Å². The summed E-state index contributed by atoms with van der Waals surface area (Å²) in [7, 11) is -4.04. The van der Waals surface area contributed by atoms with Gasteiger partial charge in [-0.1, -0.05) is 42.1 Å². The molecule has 0 amide bonds. The number of hydrogen-bond acceptors (Lipinski definition) is 2. The smallest absolute Gasteiger partial charge is 0.416 e. The van der Waals surface area contributed by atoms with E-state index in [4.69, 9.17) is 0 Å². The molecule has 8 heteroatoms. The summed E-state index contributed by atoms with van der Waals surface area (Å²) in [6.45, 7) is 1.84. The highest BCUT2D eigenvalue weighted by atomic mass is 32.2. The van der Waals surface area contributed by atoms with Gasteiger partial charge in [-0.2, -0.15) is 17.7 Å². The number of aromatic nitrogens is 1. The Balaban J connectivity index is 1.83. The van der Waals surface area contributed by atoms with E-state index < -0.39 is 21.8 Å². The van der Waals surface area contributed by atoms with Crippen LogP contribution in [0.3, 0.4) is 0 Å². The molecule has 0 fully saturated rings. The highest BCUT2D eigenvalue weighted by molar-refractivity contribution is 7.94. The second-order valence-corrected chi connectivity index (χ2v) is 9.44. The third-order valence-electron chi connectivity index (χ3n) is 5.33. The minimum atomic E-state index is -4.49. The highest BCUT2D eigenvalue weighted by Gasteiger charge is 2.30. The van der Waals surface area contributed by atoms with Crippen LogP contribution < -0.4 is 4.57 Å². The maximum atomic E-state index is 13.1. The zero-order chi connectivity index (χ0) is 25.1. The van der Waals surface area contributed by atoms with E-state index in [0.717, 1.165) is 23.3 Å². The van der Waals surface area contributed by atoms with Crippen LogP contribution in [0.15, 0.2) is 114 Å². The van der Waals surface area contributed by atoms with Crippen molar-refractivity contribution in [1.82, 2.24) is 0 Å². The third-order valence-corrected chi connectivity index (χ3v) is 6.58. The molecule has 1 aromatic heterocycles. The van der Waals surface area contributed by atoms with Gasteiger partial charge < -0.3 is 4.72 Å². The van der Waals surface area contributed by atoms with E-state index >= 15 is 0 Å². The third kappa shape index (κ3) is 5.60. The predicted octanol–water partition coefficient (Wildman–Crippen LogP) is 6.58. The van der Waals surface area contributed by atoms with E-state index in [0.29, 0.717) is 17.0 Å². The van der Waals surface area contributed by atoms with E-state index in [-0.39, 0.29) is 4.90 Å². The van der Waals surface area contributed by atoms with Gasteiger partial charge >= 0.3 is 6.18 Å². The van der Waals surface area contributed by atoms with E-state index in [1.165, 1.54) is 30.5 Å². The number of pyridine rings is 1. The first-order chi connectivity index (χ1) is 16.6. The molecule has 4 nitrogen and oxygen atoms in total. The first-order valence-corrected chi connectivity index (χ1v) is 12.1. The summed E-state index contributed by atoms with van der Waals surface area (Å²) in [6.07, 6.45) is -1.61. The Hall–Kier alpha value is -3.91. The summed E-state index contributed by atoms with van der Waals surface area (Å²) in [5.41, 5.74) is 2.32. The normalized spacial score (nSPS) is 12.4. The number of sulfonamides is 1. The van der Waals surface area contributed by atoms with Crippen LogP contribution in [0, 0.1) is 6.92 Å². The molecule has 35 heavy (non-hydrogen) atoms. The van der Waals surface area contributed by atoms with Gasteiger partial charge in [0, 0.05) is 23.3 Å². The van der Waals surface area contributed by atoms with Crippen LogP contribution in [-0.2, 0) is 16.2 Å². The van der Waals surface area contributed by atoms with E-state index in [1.54, 1.807) is 29.0 Å². The Morgan fingerprint density at radius 2 is 1.46 bits per heavy atom. The van der Waals surface area contributed by atoms with Crippen molar-refractivity contribution in [1.29, 1.82) is 0 Å². The molecule has 0 bridgehead atoms. The number of halogens is 3. The van der Waals surface area contributed by atoms with Crippen molar-refractivity contribution in [3.05, 3.63) is 131 Å². The van der Waals surface area contributed by atoms with Gasteiger partial charge in [-0.25, -0.2) is 8.42 Å². The van der Waals surface area contributed by atoms with Gasteiger partial charge in [0.1, 0.15) is 10.0 Å². The predicted molar refractivity (Wildman–Crippen MR) is 129 cm³/mol. The molecule has 0 saturated carbocycles. The molecule has 0 unspecified atom stereocenters. The van der Waals surface area contributed by atoms with Crippen LogP contribution in [0.4, 0.5) is 13.2 Å². The zero-order valence-corrected chi connectivity index (χ0v) is 19.5. The van der Waals surface area contributed by atoms with Gasteiger partial charge in [0.15, 0.2) is 11.9 Å². The molecule has 0 saturated heterocycles. The number of nitrogens with zero attached hydrogens (tertiary/aromatic N) is 2. The number of alkyl halides is 3. The highest BCUT2D eigenvalue weighted by Crippen LogP contribution is 2.30. The van der Waals surface area contributed by atoms with E-state index in [9.17, 15) is 21.6 Å². The quantitative estimate of drug-likeness (QED) is 0.285. The molecule has 4 rings (SSSR count). The lowest BCUT2D eigenvalue weighted by Crippen LogP contribution is -2.35. The molecule has 0 aliphatic heterocycles. The molecule has 3 aromatic carbocycles. The van der Waals surface area contributed by atoms with Crippen LogP contribution in [-0.4, -0.2) is 8.42 Å². The molecule has 0 aliphatic rings. The van der Waals surface area contributed by atoms with Gasteiger partial charge in [-0.05, 0) is 61.5 Å². The molecular formula is C27H21F3N2O2S. The van der Waals surface area contributed by atoms with Crippen molar-refractivity contribution in [2.45, 2.75) is 18.0 Å². The van der Waals surface area contributed by atoms with Crippen LogP contribution in [0.2, 0.25) is 0 Å². The fourth-order valence-corrected chi connectivity index (χ4v) is 4.33. The Bertz CT molecular complexity index is 1450. The summed E-state index contributed by atoms with van der Waals surface area (Å²) in [5, 5.41) is 0. The average Bonchev–Trinajstić information content (AvgIpc) is 2.85. The first kappa shape index (κ1) is 24.2. The molecule has 1 heterocycles. The van der Waals surface area contributed by atoms with E-state index in [2.05, 4.69) is 4.72 Å². The van der Waals surface area contributed by atoms with Crippen molar-refractivity contribution in [3.63, 3.8) is 0 Å². The lowest BCUT2D eigenvalue weighted by atomic mass is 10.1. The van der Waals surface area contributed by atoms with Gasteiger partial charge in [0.2, 0.25) is 5.69 Å². The topological polar surface area (TPSA) is 52.1 Å². The summed E-state index contributed by atoms with van der Waals surface area (Å²) < 4.78 is 70.7. The number of rotatable bonds is 6. The van der Waals surface area contributed by atoms with Gasteiger partial charge in [0.25, 0.3) is 0 Å². The monoisotopic (exact) mass is 494 g/mol. The van der Waals surface area contributed by atoms with Crippen molar-refractivity contribution in [3.8, 4) is 11.3 Å². The minimum absolute atomic E-state index is 0.0208.